The van der Waals surface area contributed by atoms with Crippen LogP contribution in [0.5, 0.6) is 0 Å². The Labute approximate surface area is 143 Å². The number of piperidine rings is 1. The average Bonchev–Trinajstić information content (AvgIpc) is 3.35. The number of fused-ring (bicyclic) bond motifs is 2. The largest absolute Gasteiger partial charge is 0.396 e. The number of benzene rings is 1. The van der Waals surface area contributed by atoms with E-state index in [-0.39, 0.29) is 12.4 Å². The van der Waals surface area contributed by atoms with Crippen molar-refractivity contribution in [1.29, 1.82) is 0 Å². The molecule has 1 aromatic rings. The van der Waals surface area contributed by atoms with Crippen molar-refractivity contribution in [1.82, 2.24) is 4.90 Å². The monoisotopic (exact) mass is 329 g/mol. The van der Waals surface area contributed by atoms with E-state index in [0.717, 1.165) is 24.6 Å². The number of carbonyl (C=O) groups is 1. The standard InChI is InChI=1S/C20H27NO3/c22-14-20-10-17(23)9-19(18(20)24,8-15-4-2-1-3-5-15)12-21(13-20)11-16-6-7-16/h1-5,16,18,22,24H,6-14H2. The van der Waals surface area contributed by atoms with Crippen LogP contribution in [0, 0.1) is 16.7 Å². The highest BCUT2D eigenvalue weighted by Gasteiger charge is 2.60. The van der Waals surface area contributed by atoms with E-state index in [9.17, 15) is 15.0 Å². The Bertz CT molecular complexity index is 615. The highest BCUT2D eigenvalue weighted by atomic mass is 16.3. The van der Waals surface area contributed by atoms with Crippen LogP contribution in [0.25, 0.3) is 0 Å². The molecule has 0 spiro atoms. The topological polar surface area (TPSA) is 60.8 Å². The summed E-state index contributed by atoms with van der Waals surface area (Å²) in [7, 11) is 0. The maximum absolute atomic E-state index is 12.5. The highest BCUT2D eigenvalue weighted by molar-refractivity contribution is 5.81. The van der Waals surface area contributed by atoms with Crippen LogP contribution in [-0.2, 0) is 11.2 Å². The second-order valence-corrected chi connectivity index (χ2v) is 8.45. The molecule has 1 aromatic carbocycles. The van der Waals surface area contributed by atoms with Gasteiger partial charge in [0.15, 0.2) is 0 Å². The third kappa shape index (κ3) is 2.81. The maximum atomic E-state index is 12.5. The molecule has 0 aromatic heterocycles. The fraction of sp³-hybridized carbons (Fsp3) is 0.650. The predicted octanol–water partition coefficient (Wildman–Crippen LogP) is 1.64. The van der Waals surface area contributed by atoms with Crippen LogP contribution in [0.15, 0.2) is 30.3 Å². The van der Waals surface area contributed by atoms with Gasteiger partial charge in [-0.1, -0.05) is 30.3 Å². The van der Waals surface area contributed by atoms with E-state index in [1.807, 2.05) is 18.2 Å². The lowest BCUT2D eigenvalue weighted by Crippen LogP contribution is -2.68. The summed E-state index contributed by atoms with van der Waals surface area (Å²) < 4.78 is 0. The van der Waals surface area contributed by atoms with Gasteiger partial charge in [-0.3, -0.25) is 4.79 Å². The number of rotatable bonds is 5. The molecule has 24 heavy (non-hydrogen) atoms. The fourth-order valence-corrected chi connectivity index (χ4v) is 5.13. The van der Waals surface area contributed by atoms with E-state index < -0.39 is 16.9 Å². The van der Waals surface area contributed by atoms with Gasteiger partial charge in [0.25, 0.3) is 0 Å². The molecular formula is C20H27NO3. The van der Waals surface area contributed by atoms with Crippen molar-refractivity contribution in [3.63, 3.8) is 0 Å². The SMILES string of the molecule is O=C1CC2(CO)CN(CC3CC3)CC(Cc3ccccc3)(C1)C2O. The number of hydrogen-bond acceptors (Lipinski definition) is 4. The summed E-state index contributed by atoms with van der Waals surface area (Å²) in [6.07, 6.45) is 3.38. The zero-order valence-corrected chi connectivity index (χ0v) is 14.2. The smallest absolute Gasteiger partial charge is 0.134 e. The molecule has 1 saturated heterocycles. The number of hydrogen-bond donors (Lipinski definition) is 2. The Morgan fingerprint density at radius 2 is 1.75 bits per heavy atom. The Kier molecular flexibility index (Phi) is 4.02. The van der Waals surface area contributed by atoms with Crippen LogP contribution in [0.2, 0.25) is 0 Å². The summed E-state index contributed by atoms with van der Waals surface area (Å²) in [4.78, 5) is 14.9. The van der Waals surface area contributed by atoms with Gasteiger partial charge >= 0.3 is 0 Å². The first kappa shape index (κ1) is 16.2. The number of Topliss-reactive ketones (excluding diaryl/α,β-unsaturated/α-hetero) is 1. The average molecular weight is 329 g/mol. The Balaban J connectivity index is 1.67. The number of carbonyl (C=O) groups excluding carboxylic acids is 1. The van der Waals surface area contributed by atoms with E-state index >= 15 is 0 Å². The summed E-state index contributed by atoms with van der Waals surface area (Å²) in [6.45, 7) is 2.33. The molecule has 4 nitrogen and oxygen atoms in total. The van der Waals surface area contributed by atoms with Gasteiger partial charge in [0.05, 0.1) is 12.7 Å². The van der Waals surface area contributed by atoms with Gasteiger partial charge in [0.1, 0.15) is 5.78 Å². The van der Waals surface area contributed by atoms with E-state index in [1.54, 1.807) is 0 Å². The molecule has 2 saturated carbocycles. The molecular weight excluding hydrogens is 302 g/mol. The lowest BCUT2D eigenvalue weighted by Gasteiger charge is -2.58. The third-order valence-corrected chi connectivity index (χ3v) is 6.26. The van der Waals surface area contributed by atoms with Crippen LogP contribution in [0.3, 0.4) is 0 Å². The molecule has 3 unspecified atom stereocenters. The van der Waals surface area contributed by atoms with Gasteiger partial charge in [-0.25, -0.2) is 0 Å². The molecule has 0 amide bonds. The Morgan fingerprint density at radius 1 is 1.08 bits per heavy atom. The van der Waals surface area contributed by atoms with E-state index in [1.165, 1.54) is 12.8 Å². The summed E-state index contributed by atoms with van der Waals surface area (Å²) in [5.41, 5.74) is 0.00967. The quantitative estimate of drug-likeness (QED) is 0.862. The van der Waals surface area contributed by atoms with E-state index in [0.29, 0.717) is 25.8 Å². The van der Waals surface area contributed by atoms with Crippen molar-refractivity contribution in [3.8, 4) is 0 Å². The number of aliphatic hydroxyl groups is 2. The molecule has 4 rings (SSSR count). The van der Waals surface area contributed by atoms with E-state index in [2.05, 4.69) is 17.0 Å². The second-order valence-electron chi connectivity index (χ2n) is 8.45. The highest BCUT2D eigenvalue weighted by Crippen LogP contribution is 2.51. The zero-order valence-electron chi connectivity index (χ0n) is 14.2. The normalized spacial score (nSPS) is 36.8. The van der Waals surface area contributed by atoms with Gasteiger partial charge in [-0.15, -0.1) is 0 Å². The van der Waals surface area contributed by atoms with Crippen LogP contribution in [-0.4, -0.2) is 53.2 Å². The predicted molar refractivity (Wildman–Crippen MR) is 91.5 cm³/mol. The van der Waals surface area contributed by atoms with Crippen molar-refractivity contribution in [2.75, 3.05) is 26.2 Å². The molecule has 4 heteroatoms. The maximum Gasteiger partial charge on any atom is 0.134 e. The molecule has 3 atom stereocenters. The summed E-state index contributed by atoms with van der Waals surface area (Å²) in [5, 5.41) is 21.3. The molecule has 130 valence electrons. The first-order chi connectivity index (χ1) is 11.6. The minimum absolute atomic E-state index is 0.113. The first-order valence-corrected chi connectivity index (χ1v) is 9.12. The molecule has 1 aliphatic heterocycles. The third-order valence-electron chi connectivity index (χ3n) is 6.26. The van der Waals surface area contributed by atoms with E-state index in [4.69, 9.17) is 0 Å². The minimum Gasteiger partial charge on any atom is -0.396 e. The lowest BCUT2D eigenvalue weighted by molar-refractivity contribution is -0.186. The van der Waals surface area contributed by atoms with Crippen molar-refractivity contribution in [2.45, 2.75) is 38.2 Å². The van der Waals surface area contributed by atoms with Gasteiger partial charge in [-0.2, -0.15) is 0 Å². The van der Waals surface area contributed by atoms with Crippen LogP contribution in [0.4, 0.5) is 0 Å². The van der Waals surface area contributed by atoms with Gasteiger partial charge < -0.3 is 15.1 Å². The lowest BCUT2D eigenvalue weighted by atomic mass is 9.55. The van der Waals surface area contributed by atoms with Crippen LogP contribution in [0.1, 0.15) is 31.2 Å². The van der Waals surface area contributed by atoms with Crippen molar-refractivity contribution >= 4 is 5.78 Å². The van der Waals surface area contributed by atoms with Crippen molar-refractivity contribution < 1.29 is 15.0 Å². The fourth-order valence-electron chi connectivity index (χ4n) is 5.13. The van der Waals surface area contributed by atoms with Crippen molar-refractivity contribution in [3.05, 3.63) is 35.9 Å². The molecule has 3 aliphatic rings. The second kappa shape index (κ2) is 5.94. The van der Waals surface area contributed by atoms with Gasteiger partial charge in [0, 0.05) is 43.3 Å². The number of aliphatic hydroxyl groups excluding tert-OH is 2. The van der Waals surface area contributed by atoms with Crippen LogP contribution >= 0.6 is 0 Å². The van der Waals surface area contributed by atoms with Crippen molar-refractivity contribution in [2.24, 2.45) is 16.7 Å². The zero-order chi connectivity index (χ0) is 16.8. The Morgan fingerprint density at radius 3 is 2.42 bits per heavy atom. The molecule has 2 aliphatic carbocycles. The number of ketones is 1. The summed E-state index contributed by atoms with van der Waals surface area (Å²) in [5.74, 6) is 0.956. The summed E-state index contributed by atoms with van der Waals surface area (Å²) in [6, 6.07) is 10.1. The molecule has 2 N–H and O–H groups in total. The first-order valence-electron chi connectivity index (χ1n) is 9.12. The molecule has 1 heterocycles. The summed E-state index contributed by atoms with van der Waals surface area (Å²) >= 11 is 0. The Hall–Kier alpha value is -1.23. The van der Waals surface area contributed by atoms with Crippen LogP contribution < -0.4 is 0 Å². The number of likely N-dealkylation sites (tertiary alicyclic amines) is 1. The molecule has 2 bridgehead atoms. The molecule has 0 radical (unpaired) electrons. The number of nitrogens with zero attached hydrogens (tertiary/aromatic N) is 1. The van der Waals surface area contributed by atoms with Gasteiger partial charge in [-0.05, 0) is 30.7 Å². The van der Waals surface area contributed by atoms with Gasteiger partial charge in [0.2, 0.25) is 0 Å². The minimum atomic E-state index is -0.683. The molecule has 3 fully saturated rings.